The second-order valence-corrected chi connectivity index (χ2v) is 8.06. The van der Waals surface area contributed by atoms with Crippen LogP contribution >= 0.6 is 0 Å². The van der Waals surface area contributed by atoms with Gasteiger partial charge >= 0.3 is 0 Å². The summed E-state index contributed by atoms with van der Waals surface area (Å²) in [5.41, 5.74) is 2.12. The van der Waals surface area contributed by atoms with Crippen molar-refractivity contribution in [3.05, 3.63) is 29.3 Å². The Morgan fingerprint density at radius 3 is 2.86 bits per heavy atom. The van der Waals surface area contributed by atoms with Crippen molar-refractivity contribution in [1.82, 2.24) is 9.21 Å². The van der Waals surface area contributed by atoms with Gasteiger partial charge in [-0.15, -0.1) is 0 Å². The first kappa shape index (κ1) is 13.7. The number of benzene rings is 1. The SMILES string of the molecule is O=S(=O)(c1ccc2c(c1)COC2)N1CCN2CCCC2C1. The molecule has 3 heterocycles. The minimum atomic E-state index is -3.37. The maximum Gasteiger partial charge on any atom is 0.243 e. The number of nitrogens with zero attached hydrogens (tertiary/aromatic N) is 2. The van der Waals surface area contributed by atoms with Crippen molar-refractivity contribution >= 4 is 10.0 Å². The number of sulfonamides is 1. The van der Waals surface area contributed by atoms with Gasteiger partial charge in [-0.2, -0.15) is 4.31 Å². The Hall–Kier alpha value is -0.950. The highest BCUT2D eigenvalue weighted by molar-refractivity contribution is 7.89. The highest BCUT2D eigenvalue weighted by Crippen LogP contribution is 2.28. The molecule has 1 aromatic carbocycles. The van der Waals surface area contributed by atoms with E-state index in [4.69, 9.17) is 4.74 Å². The summed E-state index contributed by atoms with van der Waals surface area (Å²) in [7, 11) is -3.37. The smallest absolute Gasteiger partial charge is 0.243 e. The fourth-order valence-corrected chi connectivity index (χ4v) is 5.16. The van der Waals surface area contributed by atoms with Crippen molar-refractivity contribution < 1.29 is 13.2 Å². The van der Waals surface area contributed by atoms with Gasteiger partial charge in [0.2, 0.25) is 10.0 Å². The topological polar surface area (TPSA) is 49.9 Å². The maximum atomic E-state index is 12.8. The van der Waals surface area contributed by atoms with Crippen molar-refractivity contribution in [3.8, 4) is 0 Å². The highest BCUT2D eigenvalue weighted by Gasteiger charge is 2.36. The van der Waals surface area contributed by atoms with Crippen LogP contribution in [0.2, 0.25) is 0 Å². The summed E-state index contributed by atoms with van der Waals surface area (Å²) in [6, 6.07) is 5.81. The normalized spacial score (nSPS) is 26.8. The molecule has 6 heteroatoms. The third-order valence-electron chi connectivity index (χ3n) is 4.88. The van der Waals surface area contributed by atoms with Gasteiger partial charge < -0.3 is 4.74 Å². The van der Waals surface area contributed by atoms with E-state index in [0.29, 0.717) is 37.2 Å². The second-order valence-electron chi connectivity index (χ2n) is 6.12. The van der Waals surface area contributed by atoms with E-state index in [-0.39, 0.29) is 0 Å². The van der Waals surface area contributed by atoms with Crippen LogP contribution in [0.1, 0.15) is 24.0 Å². The molecule has 0 spiro atoms. The summed E-state index contributed by atoms with van der Waals surface area (Å²) in [5.74, 6) is 0. The van der Waals surface area contributed by atoms with Crippen LogP contribution in [0.5, 0.6) is 0 Å². The summed E-state index contributed by atoms with van der Waals surface area (Å²) in [5, 5.41) is 0. The molecule has 2 saturated heterocycles. The van der Waals surface area contributed by atoms with Crippen molar-refractivity contribution in [1.29, 1.82) is 0 Å². The first-order valence-corrected chi connectivity index (χ1v) is 9.02. The summed E-state index contributed by atoms with van der Waals surface area (Å²) in [4.78, 5) is 2.83. The van der Waals surface area contributed by atoms with E-state index in [0.717, 1.165) is 30.6 Å². The molecule has 1 unspecified atom stereocenters. The Kier molecular flexibility index (Phi) is 3.29. The zero-order chi connectivity index (χ0) is 14.4. The third-order valence-corrected chi connectivity index (χ3v) is 6.74. The Balaban J connectivity index is 1.61. The fraction of sp³-hybridized carbons (Fsp3) is 0.600. The molecule has 3 aliphatic rings. The fourth-order valence-electron chi connectivity index (χ4n) is 3.64. The lowest BCUT2D eigenvalue weighted by molar-refractivity contribution is 0.134. The number of hydrogen-bond acceptors (Lipinski definition) is 4. The minimum absolute atomic E-state index is 0.409. The van der Waals surface area contributed by atoms with Crippen LogP contribution in [0.15, 0.2) is 23.1 Å². The van der Waals surface area contributed by atoms with Gasteiger partial charge in [0.15, 0.2) is 0 Å². The number of hydrogen-bond donors (Lipinski definition) is 0. The average Bonchev–Trinajstić information content (AvgIpc) is 3.14. The molecule has 0 aromatic heterocycles. The third kappa shape index (κ3) is 2.30. The van der Waals surface area contributed by atoms with Gasteiger partial charge in [-0.1, -0.05) is 6.07 Å². The van der Waals surface area contributed by atoms with E-state index in [1.807, 2.05) is 6.07 Å². The minimum Gasteiger partial charge on any atom is -0.372 e. The van der Waals surface area contributed by atoms with Gasteiger partial charge in [-0.25, -0.2) is 8.42 Å². The molecule has 4 rings (SSSR count). The Morgan fingerprint density at radius 2 is 1.95 bits per heavy atom. The first-order chi connectivity index (χ1) is 10.1. The van der Waals surface area contributed by atoms with Crippen molar-refractivity contribution in [2.24, 2.45) is 0 Å². The van der Waals surface area contributed by atoms with Crippen LogP contribution in [-0.2, 0) is 28.0 Å². The van der Waals surface area contributed by atoms with Crippen molar-refractivity contribution in [2.45, 2.75) is 37.0 Å². The number of rotatable bonds is 2. The first-order valence-electron chi connectivity index (χ1n) is 7.58. The average molecular weight is 308 g/mol. The predicted molar refractivity (Wildman–Crippen MR) is 78.3 cm³/mol. The number of ether oxygens (including phenoxy) is 1. The van der Waals surface area contributed by atoms with Gasteiger partial charge in [0.05, 0.1) is 18.1 Å². The zero-order valence-electron chi connectivity index (χ0n) is 12.0. The summed E-state index contributed by atoms with van der Waals surface area (Å²) in [6.07, 6.45) is 2.30. The van der Waals surface area contributed by atoms with Crippen LogP contribution in [0.3, 0.4) is 0 Å². The molecule has 3 aliphatic heterocycles. The molecule has 0 amide bonds. The van der Waals surface area contributed by atoms with Crippen LogP contribution in [-0.4, -0.2) is 49.8 Å². The number of fused-ring (bicyclic) bond motifs is 2. The molecule has 0 N–H and O–H groups in total. The molecule has 114 valence electrons. The molecule has 1 aromatic rings. The van der Waals surface area contributed by atoms with Crippen LogP contribution in [0, 0.1) is 0 Å². The molecule has 0 saturated carbocycles. The molecule has 1 atom stereocenters. The van der Waals surface area contributed by atoms with E-state index in [1.165, 1.54) is 6.42 Å². The van der Waals surface area contributed by atoms with Crippen LogP contribution in [0.25, 0.3) is 0 Å². The van der Waals surface area contributed by atoms with E-state index in [2.05, 4.69) is 4.90 Å². The quantitative estimate of drug-likeness (QED) is 0.823. The molecule has 0 bridgehead atoms. The lowest BCUT2D eigenvalue weighted by atomic mass is 10.1. The van der Waals surface area contributed by atoms with E-state index in [9.17, 15) is 8.42 Å². The summed E-state index contributed by atoms with van der Waals surface area (Å²) in [6.45, 7) is 4.33. The van der Waals surface area contributed by atoms with Crippen molar-refractivity contribution in [2.75, 3.05) is 26.2 Å². The molecule has 2 fully saturated rings. The van der Waals surface area contributed by atoms with Crippen LogP contribution < -0.4 is 0 Å². The predicted octanol–water partition coefficient (Wildman–Crippen LogP) is 1.19. The summed E-state index contributed by atoms with van der Waals surface area (Å²) < 4.78 is 32.7. The lowest BCUT2D eigenvalue weighted by Gasteiger charge is -2.36. The number of piperazine rings is 1. The monoisotopic (exact) mass is 308 g/mol. The molecule has 0 aliphatic carbocycles. The van der Waals surface area contributed by atoms with Gasteiger partial charge in [-0.05, 0) is 42.6 Å². The standard InChI is InChI=1S/C15H20N2O3S/c18-21(19,15-4-3-12-10-20-11-13(12)8-15)17-7-6-16-5-1-2-14(16)9-17/h3-4,8,14H,1-2,5-7,9-11H2. The molecule has 5 nitrogen and oxygen atoms in total. The molecule has 21 heavy (non-hydrogen) atoms. The van der Waals surface area contributed by atoms with E-state index >= 15 is 0 Å². The highest BCUT2D eigenvalue weighted by atomic mass is 32.2. The van der Waals surface area contributed by atoms with Gasteiger partial charge in [-0.3, -0.25) is 4.90 Å². The van der Waals surface area contributed by atoms with Crippen LogP contribution in [0.4, 0.5) is 0 Å². The molecular weight excluding hydrogens is 288 g/mol. The van der Waals surface area contributed by atoms with Gasteiger partial charge in [0.25, 0.3) is 0 Å². The Labute approximate surface area is 125 Å². The largest absolute Gasteiger partial charge is 0.372 e. The second kappa shape index (κ2) is 5.05. The van der Waals surface area contributed by atoms with E-state index < -0.39 is 10.0 Å². The Morgan fingerprint density at radius 1 is 1.10 bits per heavy atom. The molecular formula is C15H20N2O3S. The lowest BCUT2D eigenvalue weighted by Crippen LogP contribution is -2.51. The van der Waals surface area contributed by atoms with Gasteiger partial charge in [0, 0.05) is 25.7 Å². The van der Waals surface area contributed by atoms with Crippen molar-refractivity contribution in [3.63, 3.8) is 0 Å². The zero-order valence-corrected chi connectivity index (χ0v) is 12.8. The molecule has 0 radical (unpaired) electrons. The van der Waals surface area contributed by atoms with Gasteiger partial charge in [0.1, 0.15) is 0 Å². The Bertz CT molecular complexity index is 659. The maximum absolute atomic E-state index is 12.8. The van der Waals surface area contributed by atoms with E-state index in [1.54, 1.807) is 16.4 Å². The summed E-state index contributed by atoms with van der Waals surface area (Å²) >= 11 is 0.